The molecule has 0 radical (unpaired) electrons. The predicted molar refractivity (Wildman–Crippen MR) is 81.8 cm³/mol. The number of hydrogen-bond donors (Lipinski definition) is 2. The molecular weight excluding hydrogens is 254 g/mol. The molecule has 1 aliphatic heterocycles. The molecule has 1 fully saturated rings. The van der Waals surface area contributed by atoms with Gasteiger partial charge >= 0.3 is 0 Å². The lowest BCUT2D eigenvalue weighted by molar-refractivity contribution is -0.126. The second kappa shape index (κ2) is 9.32. The fourth-order valence-corrected chi connectivity index (χ4v) is 2.78. The molecule has 0 spiro atoms. The van der Waals surface area contributed by atoms with Crippen molar-refractivity contribution < 1.29 is 9.53 Å². The van der Waals surface area contributed by atoms with Crippen LogP contribution in [0.1, 0.15) is 33.1 Å². The summed E-state index contributed by atoms with van der Waals surface area (Å²) in [7, 11) is 3.69. The third-order valence-electron chi connectivity index (χ3n) is 4.40. The zero-order valence-electron chi connectivity index (χ0n) is 13.4. The monoisotopic (exact) mass is 285 g/mol. The molecule has 0 aromatic carbocycles. The zero-order valence-corrected chi connectivity index (χ0v) is 13.4. The Morgan fingerprint density at radius 1 is 1.45 bits per heavy atom. The lowest BCUT2D eigenvalue weighted by Gasteiger charge is -2.38. The van der Waals surface area contributed by atoms with Gasteiger partial charge in [0.05, 0.1) is 6.04 Å². The minimum atomic E-state index is -0.0376. The van der Waals surface area contributed by atoms with E-state index >= 15 is 0 Å². The number of ether oxygens (including phenoxy) is 1. The van der Waals surface area contributed by atoms with Crippen molar-refractivity contribution in [2.75, 3.05) is 40.4 Å². The van der Waals surface area contributed by atoms with Crippen molar-refractivity contribution in [2.45, 2.75) is 45.2 Å². The van der Waals surface area contributed by atoms with Gasteiger partial charge in [-0.2, -0.15) is 0 Å². The maximum Gasteiger partial charge on any atom is 0.237 e. The molecule has 5 heteroatoms. The van der Waals surface area contributed by atoms with Gasteiger partial charge in [-0.25, -0.2) is 0 Å². The van der Waals surface area contributed by atoms with Gasteiger partial charge < -0.3 is 15.4 Å². The molecule has 2 N–H and O–H groups in total. The minimum Gasteiger partial charge on any atom is -0.385 e. The van der Waals surface area contributed by atoms with Crippen LogP contribution in [0.2, 0.25) is 0 Å². The smallest absolute Gasteiger partial charge is 0.237 e. The molecule has 3 unspecified atom stereocenters. The second-order valence-electron chi connectivity index (χ2n) is 5.79. The Morgan fingerprint density at radius 2 is 2.20 bits per heavy atom. The molecule has 0 aliphatic carbocycles. The SMILES string of the molecule is CNC(C)C1CCCN(C(C)C(=O)NCCCOC)C1. The van der Waals surface area contributed by atoms with Gasteiger partial charge in [-0.15, -0.1) is 0 Å². The highest BCUT2D eigenvalue weighted by Crippen LogP contribution is 2.21. The first kappa shape index (κ1) is 17.4. The number of likely N-dealkylation sites (tertiary alicyclic amines) is 1. The summed E-state index contributed by atoms with van der Waals surface area (Å²) in [5, 5.41) is 6.33. The van der Waals surface area contributed by atoms with E-state index in [1.807, 2.05) is 14.0 Å². The van der Waals surface area contributed by atoms with Gasteiger partial charge in [-0.3, -0.25) is 9.69 Å². The summed E-state index contributed by atoms with van der Waals surface area (Å²) in [5.74, 6) is 0.774. The molecule has 1 aliphatic rings. The van der Waals surface area contributed by atoms with Crippen molar-refractivity contribution in [2.24, 2.45) is 5.92 Å². The molecule has 0 aromatic heterocycles. The molecule has 1 saturated heterocycles. The topological polar surface area (TPSA) is 53.6 Å². The molecule has 3 atom stereocenters. The van der Waals surface area contributed by atoms with Gasteiger partial charge in [0.15, 0.2) is 0 Å². The van der Waals surface area contributed by atoms with Crippen molar-refractivity contribution >= 4 is 5.91 Å². The van der Waals surface area contributed by atoms with Crippen LogP contribution in [-0.2, 0) is 9.53 Å². The Morgan fingerprint density at radius 3 is 2.85 bits per heavy atom. The van der Waals surface area contributed by atoms with Crippen molar-refractivity contribution in [1.29, 1.82) is 0 Å². The molecule has 0 aromatic rings. The lowest BCUT2D eigenvalue weighted by Crippen LogP contribution is -2.51. The predicted octanol–water partition coefficient (Wildman–Crippen LogP) is 0.848. The maximum atomic E-state index is 12.1. The van der Waals surface area contributed by atoms with Crippen molar-refractivity contribution in [3.8, 4) is 0 Å². The van der Waals surface area contributed by atoms with Gasteiger partial charge in [0.1, 0.15) is 0 Å². The molecule has 118 valence electrons. The number of piperidine rings is 1. The Labute approximate surface area is 123 Å². The number of methoxy groups -OCH3 is 1. The Bertz CT molecular complexity index is 286. The van der Waals surface area contributed by atoms with E-state index in [2.05, 4.69) is 22.5 Å². The number of carbonyl (C=O) groups excluding carboxylic acids is 1. The average molecular weight is 285 g/mol. The van der Waals surface area contributed by atoms with Gasteiger partial charge in [0.25, 0.3) is 0 Å². The molecule has 1 rings (SSSR count). The van der Waals surface area contributed by atoms with E-state index in [1.54, 1.807) is 7.11 Å². The number of hydrogen-bond acceptors (Lipinski definition) is 4. The number of rotatable bonds is 8. The molecule has 0 saturated carbocycles. The van der Waals surface area contributed by atoms with E-state index in [0.29, 0.717) is 25.1 Å². The fourth-order valence-electron chi connectivity index (χ4n) is 2.78. The largest absolute Gasteiger partial charge is 0.385 e. The van der Waals surface area contributed by atoms with Crippen LogP contribution in [0.4, 0.5) is 0 Å². The quantitative estimate of drug-likeness (QED) is 0.649. The number of nitrogens with zero attached hydrogens (tertiary/aromatic N) is 1. The highest BCUT2D eigenvalue weighted by molar-refractivity contribution is 5.81. The lowest BCUT2D eigenvalue weighted by atomic mass is 9.91. The summed E-state index contributed by atoms with van der Waals surface area (Å²) in [6, 6.07) is 0.471. The average Bonchev–Trinajstić information content (AvgIpc) is 2.49. The molecule has 20 heavy (non-hydrogen) atoms. The first-order valence-corrected chi connectivity index (χ1v) is 7.78. The Hall–Kier alpha value is -0.650. The summed E-state index contributed by atoms with van der Waals surface area (Å²) in [6.07, 6.45) is 3.30. The molecule has 0 bridgehead atoms. The first-order valence-electron chi connectivity index (χ1n) is 7.78. The maximum absolute atomic E-state index is 12.1. The summed E-state index contributed by atoms with van der Waals surface area (Å²) < 4.78 is 4.98. The first-order chi connectivity index (χ1) is 9.60. The van der Waals surface area contributed by atoms with E-state index in [0.717, 1.165) is 19.5 Å². The summed E-state index contributed by atoms with van der Waals surface area (Å²) in [6.45, 7) is 7.66. The van der Waals surface area contributed by atoms with Gasteiger partial charge in [-0.1, -0.05) is 0 Å². The van der Waals surface area contributed by atoms with E-state index in [1.165, 1.54) is 12.8 Å². The number of amides is 1. The van der Waals surface area contributed by atoms with Crippen LogP contribution < -0.4 is 10.6 Å². The third kappa shape index (κ3) is 5.38. The van der Waals surface area contributed by atoms with Crippen molar-refractivity contribution in [3.05, 3.63) is 0 Å². The van der Waals surface area contributed by atoms with Crippen LogP contribution in [0.3, 0.4) is 0 Å². The Kier molecular flexibility index (Phi) is 8.11. The second-order valence-corrected chi connectivity index (χ2v) is 5.79. The van der Waals surface area contributed by atoms with E-state index in [4.69, 9.17) is 4.74 Å². The standard InChI is InChI=1S/C15H31N3O2/c1-12(16-3)14-7-5-9-18(11-14)13(2)15(19)17-8-6-10-20-4/h12-14,16H,5-11H2,1-4H3,(H,17,19). The normalized spacial score (nSPS) is 23.3. The summed E-state index contributed by atoms with van der Waals surface area (Å²) in [4.78, 5) is 14.5. The van der Waals surface area contributed by atoms with Gasteiger partial charge in [0.2, 0.25) is 5.91 Å². The van der Waals surface area contributed by atoms with E-state index in [9.17, 15) is 4.79 Å². The molecule has 1 heterocycles. The molecule has 1 amide bonds. The third-order valence-corrected chi connectivity index (χ3v) is 4.40. The minimum absolute atomic E-state index is 0.0376. The number of nitrogens with one attached hydrogen (secondary N) is 2. The summed E-state index contributed by atoms with van der Waals surface area (Å²) in [5.41, 5.74) is 0. The highest BCUT2D eigenvalue weighted by Gasteiger charge is 2.29. The van der Waals surface area contributed by atoms with Crippen LogP contribution in [0.25, 0.3) is 0 Å². The molecule has 5 nitrogen and oxygen atoms in total. The van der Waals surface area contributed by atoms with Crippen LogP contribution in [0.5, 0.6) is 0 Å². The van der Waals surface area contributed by atoms with E-state index < -0.39 is 0 Å². The van der Waals surface area contributed by atoms with Gasteiger partial charge in [0, 0.05) is 32.8 Å². The van der Waals surface area contributed by atoms with Crippen molar-refractivity contribution in [3.63, 3.8) is 0 Å². The van der Waals surface area contributed by atoms with Crippen LogP contribution in [0.15, 0.2) is 0 Å². The Balaban J connectivity index is 2.37. The summed E-state index contributed by atoms with van der Waals surface area (Å²) >= 11 is 0. The number of carbonyl (C=O) groups is 1. The van der Waals surface area contributed by atoms with Crippen molar-refractivity contribution in [1.82, 2.24) is 15.5 Å². The van der Waals surface area contributed by atoms with Gasteiger partial charge in [-0.05, 0) is 52.6 Å². The fraction of sp³-hybridized carbons (Fsp3) is 0.933. The van der Waals surface area contributed by atoms with Crippen LogP contribution in [0, 0.1) is 5.92 Å². The highest BCUT2D eigenvalue weighted by atomic mass is 16.5. The molecular formula is C15H31N3O2. The van der Waals surface area contributed by atoms with Crippen LogP contribution >= 0.6 is 0 Å². The van der Waals surface area contributed by atoms with Crippen LogP contribution in [-0.4, -0.2) is 63.3 Å². The zero-order chi connectivity index (χ0) is 15.0. The van der Waals surface area contributed by atoms with E-state index in [-0.39, 0.29) is 11.9 Å².